The second-order valence-corrected chi connectivity index (χ2v) is 6.32. The predicted octanol–water partition coefficient (Wildman–Crippen LogP) is 2.04. The molecule has 2 aromatic carbocycles. The smallest absolute Gasteiger partial charge is 0.332 e. The van der Waals surface area contributed by atoms with Crippen molar-refractivity contribution in [3.05, 3.63) is 81.3 Å². The molecule has 2 heterocycles. The van der Waals surface area contributed by atoms with Gasteiger partial charge in [0.25, 0.3) is 5.56 Å². The van der Waals surface area contributed by atoms with Crippen LogP contribution in [-0.2, 0) is 14.1 Å². The first-order chi connectivity index (χ1) is 13.5. The summed E-state index contributed by atoms with van der Waals surface area (Å²) < 4.78 is 4.12. The molecule has 0 amide bonds. The third-order valence-electron chi connectivity index (χ3n) is 4.62. The van der Waals surface area contributed by atoms with Crippen molar-refractivity contribution in [3.8, 4) is 11.8 Å². The maximum absolute atomic E-state index is 12.2. The largest absolute Gasteiger partial charge is 0.340 e. The van der Waals surface area contributed by atoms with Crippen molar-refractivity contribution in [1.82, 2.24) is 18.7 Å². The number of hydrogen-bond acceptors (Lipinski definition) is 5. The van der Waals surface area contributed by atoms with Gasteiger partial charge in [-0.15, -0.1) is 0 Å². The van der Waals surface area contributed by atoms with Crippen molar-refractivity contribution in [1.29, 1.82) is 5.26 Å². The van der Waals surface area contributed by atoms with Gasteiger partial charge in [0.2, 0.25) is 0 Å². The lowest BCUT2D eigenvalue weighted by Crippen LogP contribution is -2.39. The first-order valence-electron chi connectivity index (χ1n) is 8.51. The molecule has 0 fully saturated rings. The number of nitriles is 1. The van der Waals surface area contributed by atoms with Crippen molar-refractivity contribution in [3.63, 3.8) is 0 Å². The van der Waals surface area contributed by atoms with Crippen molar-refractivity contribution in [2.45, 2.75) is 0 Å². The van der Waals surface area contributed by atoms with Crippen LogP contribution in [-0.4, -0.2) is 18.7 Å². The summed E-state index contributed by atoms with van der Waals surface area (Å²) in [6.45, 7) is 0. The number of para-hydroxylation sites is 1. The van der Waals surface area contributed by atoms with Crippen LogP contribution < -0.4 is 16.6 Å². The molecule has 0 aliphatic heterocycles. The summed E-state index contributed by atoms with van der Waals surface area (Å²) in [4.78, 5) is 28.9. The monoisotopic (exact) mass is 372 g/mol. The summed E-state index contributed by atoms with van der Waals surface area (Å²) in [6.07, 6.45) is 1.73. The number of anilines is 2. The summed E-state index contributed by atoms with van der Waals surface area (Å²) >= 11 is 0. The van der Waals surface area contributed by atoms with Crippen LogP contribution in [0, 0.1) is 11.3 Å². The normalized spacial score (nSPS) is 10.8. The quantitative estimate of drug-likeness (QED) is 0.593. The molecule has 8 nitrogen and oxygen atoms in total. The lowest BCUT2D eigenvalue weighted by Gasteiger charge is -2.13. The van der Waals surface area contributed by atoms with E-state index in [1.165, 1.54) is 18.7 Å². The molecule has 4 rings (SSSR count). The van der Waals surface area contributed by atoms with E-state index in [0.717, 1.165) is 21.3 Å². The molecular weight excluding hydrogens is 356 g/mol. The molecule has 0 unspecified atom stereocenters. The number of hydrogen-bond donors (Lipinski definition) is 1. The minimum Gasteiger partial charge on any atom is -0.340 e. The van der Waals surface area contributed by atoms with Gasteiger partial charge in [0, 0.05) is 25.5 Å². The fourth-order valence-electron chi connectivity index (χ4n) is 3.11. The average Bonchev–Trinajstić information content (AvgIpc) is 3.14. The Morgan fingerprint density at radius 1 is 1.04 bits per heavy atom. The van der Waals surface area contributed by atoms with Gasteiger partial charge in [-0.1, -0.05) is 18.2 Å². The van der Waals surface area contributed by atoms with Gasteiger partial charge in [-0.2, -0.15) is 5.26 Å². The number of imidazole rings is 1. The zero-order valence-corrected chi connectivity index (χ0v) is 15.2. The van der Waals surface area contributed by atoms with Gasteiger partial charge >= 0.3 is 5.69 Å². The summed E-state index contributed by atoms with van der Waals surface area (Å²) in [6, 6.07) is 17.2. The molecule has 0 saturated heterocycles. The minimum absolute atomic E-state index is 0.125. The van der Waals surface area contributed by atoms with Crippen LogP contribution in [0.4, 0.5) is 11.5 Å². The fraction of sp³-hybridized carbons (Fsp3) is 0.100. The number of rotatable bonds is 3. The number of fused-ring (bicyclic) bond motifs is 1. The van der Waals surface area contributed by atoms with Crippen LogP contribution in [0.15, 0.2) is 64.4 Å². The Balaban J connectivity index is 1.80. The van der Waals surface area contributed by atoms with Gasteiger partial charge in [-0.3, -0.25) is 18.5 Å². The number of benzene rings is 2. The van der Waals surface area contributed by atoms with Crippen molar-refractivity contribution < 1.29 is 0 Å². The predicted molar refractivity (Wildman–Crippen MR) is 106 cm³/mol. The molecule has 4 aromatic rings. The van der Waals surface area contributed by atoms with Crippen LogP contribution >= 0.6 is 0 Å². The highest BCUT2D eigenvalue weighted by Crippen LogP contribution is 2.24. The third-order valence-corrected chi connectivity index (χ3v) is 4.62. The van der Waals surface area contributed by atoms with Gasteiger partial charge in [0.05, 0.1) is 11.0 Å². The number of nitrogens with one attached hydrogen (secondary N) is 1. The van der Waals surface area contributed by atoms with E-state index in [-0.39, 0.29) is 11.4 Å². The van der Waals surface area contributed by atoms with Crippen LogP contribution in [0.3, 0.4) is 0 Å². The molecule has 8 heteroatoms. The first kappa shape index (κ1) is 17.3. The van der Waals surface area contributed by atoms with Gasteiger partial charge in [0.15, 0.2) is 5.56 Å². The van der Waals surface area contributed by atoms with E-state index in [1.807, 2.05) is 53.1 Å². The van der Waals surface area contributed by atoms with Crippen LogP contribution in [0.5, 0.6) is 0 Å². The lowest BCUT2D eigenvalue weighted by atomic mass is 10.2. The van der Waals surface area contributed by atoms with Gasteiger partial charge < -0.3 is 5.32 Å². The third kappa shape index (κ3) is 2.66. The Morgan fingerprint density at radius 3 is 2.50 bits per heavy atom. The Labute approximate surface area is 159 Å². The second-order valence-electron chi connectivity index (χ2n) is 6.32. The highest BCUT2D eigenvalue weighted by molar-refractivity contribution is 5.82. The van der Waals surface area contributed by atoms with Crippen LogP contribution in [0.2, 0.25) is 0 Å². The molecule has 0 atom stereocenters. The zero-order chi connectivity index (χ0) is 19.8. The topological polar surface area (TPSA) is 97.6 Å². The Kier molecular flexibility index (Phi) is 4.05. The van der Waals surface area contributed by atoms with Crippen LogP contribution in [0.1, 0.15) is 5.56 Å². The Hall–Kier alpha value is -4.12. The molecule has 28 heavy (non-hydrogen) atoms. The van der Waals surface area contributed by atoms with Gasteiger partial charge in [-0.05, 0) is 30.3 Å². The lowest BCUT2D eigenvalue weighted by molar-refractivity contribution is 0.689. The molecule has 0 aliphatic rings. The number of aromatic nitrogens is 4. The van der Waals surface area contributed by atoms with E-state index in [4.69, 9.17) is 0 Å². The van der Waals surface area contributed by atoms with E-state index >= 15 is 0 Å². The molecule has 0 radical (unpaired) electrons. The van der Waals surface area contributed by atoms with Crippen LogP contribution in [0.25, 0.3) is 16.7 Å². The minimum atomic E-state index is -0.637. The van der Waals surface area contributed by atoms with Gasteiger partial charge in [-0.25, -0.2) is 9.78 Å². The SMILES string of the molecule is Cn1c(Nc2ccc3c(c2)ncn3-c2ccccc2)c(C#N)c(=O)n(C)c1=O. The highest BCUT2D eigenvalue weighted by atomic mass is 16.2. The fourth-order valence-corrected chi connectivity index (χ4v) is 3.11. The van der Waals surface area contributed by atoms with E-state index in [1.54, 1.807) is 12.4 Å². The molecule has 138 valence electrons. The standard InChI is InChI=1S/C20H16N6O2/c1-24-18(15(11-21)19(27)25(2)20(24)28)23-13-8-9-17-16(10-13)22-12-26(17)14-6-4-3-5-7-14/h3-10,12,23H,1-2H3. The zero-order valence-electron chi connectivity index (χ0n) is 15.2. The maximum atomic E-state index is 12.2. The number of nitrogens with zero attached hydrogens (tertiary/aromatic N) is 5. The first-order valence-corrected chi connectivity index (χ1v) is 8.51. The van der Waals surface area contributed by atoms with E-state index < -0.39 is 11.2 Å². The average molecular weight is 372 g/mol. The Morgan fingerprint density at radius 2 is 1.79 bits per heavy atom. The van der Waals surface area contributed by atoms with E-state index in [9.17, 15) is 14.9 Å². The summed E-state index contributed by atoms with van der Waals surface area (Å²) in [5.41, 5.74) is 1.98. The summed E-state index contributed by atoms with van der Waals surface area (Å²) in [5, 5.41) is 12.4. The molecule has 0 aliphatic carbocycles. The maximum Gasteiger partial charge on any atom is 0.332 e. The molecule has 0 saturated carbocycles. The van der Waals surface area contributed by atoms with Crippen molar-refractivity contribution in [2.75, 3.05) is 5.32 Å². The Bertz CT molecular complexity index is 1360. The molecule has 0 spiro atoms. The highest BCUT2D eigenvalue weighted by Gasteiger charge is 2.16. The van der Waals surface area contributed by atoms with Crippen molar-refractivity contribution >= 4 is 22.5 Å². The second kappa shape index (κ2) is 6.55. The molecule has 0 bridgehead atoms. The van der Waals surface area contributed by atoms with Gasteiger partial charge in [0.1, 0.15) is 18.2 Å². The van der Waals surface area contributed by atoms with E-state index in [0.29, 0.717) is 5.69 Å². The molecular formula is C20H16N6O2. The molecule has 1 N–H and O–H groups in total. The summed E-state index contributed by atoms with van der Waals surface area (Å²) in [7, 11) is 2.85. The molecule has 2 aromatic heterocycles. The summed E-state index contributed by atoms with van der Waals surface area (Å²) in [5.74, 6) is 0.150. The van der Waals surface area contributed by atoms with E-state index in [2.05, 4.69) is 10.3 Å². The van der Waals surface area contributed by atoms with Crippen molar-refractivity contribution in [2.24, 2.45) is 14.1 Å².